The van der Waals surface area contributed by atoms with E-state index < -0.39 is 26.5 Å². The fourth-order valence-corrected chi connectivity index (χ4v) is 20.5. The van der Waals surface area contributed by atoms with Crippen LogP contribution in [0.1, 0.15) is 140 Å². The van der Waals surface area contributed by atoms with E-state index in [0.717, 1.165) is 24.2 Å². The van der Waals surface area contributed by atoms with Gasteiger partial charge in [0.05, 0.1) is 10.6 Å². The zero-order valence-corrected chi connectivity index (χ0v) is 40.8. The summed E-state index contributed by atoms with van der Waals surface area (Å²) >= 11 is 2.59. The van der Waals surface area contributed by atoms with E-state index in [1.165, 1.54) is 105 Å². The number of rotatable bonds is 17. The average Bonchev–Trinajstić information content (AvgIpc) is 3.73. The van der Waals surface area contributed by atoms with Crippen LogP contribution < -0.4 is 0 Å². The van der Waals surface area contributed by atoms with Crippen LogP contribution in [0.5, 0.6) is 0 Å². The fourth-order valence-electron chi connectivity index (χ4n) is 12.5. The van der Waals surface area contributed by atoms with E-state index >= 15 is 0 Å². The Labute approximate surface area is 344 Å². The summed E-state index contributed by atoms with van der Waals surface area (Å²) in [6.45, 7) is 24.0. The standard InChI is InChI=1S/C26H44O3SSi.C19H37IOSi/c1-6-31(7-2,8-3)29-25-15-12-19-26(5)23(16-17-24(25)26)21(4)18-20-30(27,28)22-13-10-9-11-14-22;1-6-22(7-2,8-3)21-18-10-9-13-19(5)16(15(4)14-20)11-12-17(18)19/h9-11,13-14,21,23-25H,6-8,12,15-20H2,1-5H3;15-18H,6-14H2,1-5H3/t21-,23-,24+,25+,26-;15-,16-,17+,18+,19-/m11/s1. The van der Waals surface area contributed by atoms with Gasteiger partial charge in [0, 0.05) is 16.6 Å². The second-order valence-corrected chi connectivity index (χ2v) is 31.1. The molecule has 4 saturated carbocycles. The molecular weight excluding hydrogens is 820 g/mol. The molecule has 4 aliphatic rings. The Morgan fingerprint density at radius 1 is 0.679 bits per heavy atom. The summed E-state index contributed by atoms with van der Waals surface area (Å²) in [6.07, 6.45) is 15.0. The van der Waals surface area contributed by atoms with Gasteiger partial charge in [0.1, 0.15) is 0 Å². The van der Waals surface area contributed by atoms with Crippen LogP contribution in [0.3, 0.4) is 0 Å². The molecule has 4 aliphatic carbocycles. The molecule has 0 spiro atoms. The molecule has 0 N–H and O–H groups in total. The van der Waals surface area contributed by atoms with Crippen LogP contribution >= 0.6 is 22.6 Å². The minimum absolute atomic E-state index is 0.257. The maximum absolute atomic E-state index is 12.8. The monoisotopic (exact) mass is 900 g/mol. The highest BCUT2D eigenvalue weighted by Crippen LogP contribution is 2.60. The van der Waals surface area contributed by atoms with Crippen LogP contribution in [-0.2, 0) is 18.7 Å². The largest absolute Gasteiger partial charge is 0.414 e. The van der Waals surface area contributed by atoms with Crippen molar-refractivity contribution in [3.63, 3.8) is 0 Å². The molecule has 5 rings (SSSR count). The van der Waals surface area contributed by atoms with Crippen LogP contribution in [0.2, 0.25) is 36.3 Å². The van der Waals surface area contributed by atoms with Gasteiger partial charge in [-0.3, -0.25) is 0 Å². The normalized spacial score (nSPS) is 33.0. The van der Waals surface area contributed by atoms with Gasteiger partial charge in [0.25, 0.3) is 0 Å². The summed E-state index contributed by atoms with van der Waals surface area (Å²) < 4.78 is 41.0. The molecule has 10 atom stereocenters. The molecule has 4 nitrogen and oxygen atoms in total. The number of hydrogen-bond donors (Lipinski definition) is 0. The van der Waals surface area contributed by atoms with E-state index in [1.54, 1.807) is 12.1 Å². The third-order valence-electron chi connectivity index (χ3n) is 16.5. The molecule has 306 valence electrons. The van der Waals surface area contributed by atoms with Crippen molar-refractivity contribution >= 4 is 49.1 Å². The number of alkyl halides is 1. The number of benzene rings is 1. The van der Waals surface area contributed by atoms with Crippen LogP contribution in [-0.4, -0.2) is 47.4 Å². The van der Waals surface area contributed by atoms with Crippen molar-refractivity contribution in [1.29, 1.82) is 0 Å². The lowest BCUT2D eigenvalue weighted by Crippen LogP contribution is -2.48. The number of sulfone groups is 1. The third kappa shape index (κ3) is 10.1. The highest BCUT2D eigenvalue weighted by Gasteiger charge is 2.55. The zero-order valence-electron chi connectivity index (χ0n) is 35.9. The first-order valence-electron chi connectivity index (χ1n) is 22.4. The summed E-state index contributed by atoms with van der Waals surface area (Å²) in [7, 11) is -6.26. The van der Waals surface area contributed by atoms with Crippen molar-refractivity contribution in [2.24, 2.45) is 46.3 Å². The number of halogens is 1. The first kappa shape index (κ1) is 45.9. The van der Waals surface area contributed by atoms with Crippen LogP contribution in [0, 0.1) is 46.3 Å². The van der Waals surface area contributed by atoms with Gasteiger partial charge in [0.15, 0.2) is 26.5 Å². The van der Waals surface area contributed by atoms with E-state index in [2.05, 4.69) is 91.8 Å². The van der Waals surface area contributed by atoms with Crippen molar-refractivity contribution in [3.8, 4) is 0 Å². The predicted molar refractivity (Wildman–Crippen MR) is 241 cm³/mol. The molecule has 0 saturated heterocycles. The first-order valence-corrected chi connectivity index (χ1v) is 30.6. The molecule has 0 aliphatic heterocycles. The summed E-state index contributed by atoms with van der Waals surface area (Å²) in [5, 5.41) is 0. The van der Waals surface area contributed by atoms with Crippen LogP contribution in [0.4, 0.5) is 0 Å². The summed E-state index contributed by atoms with van der Waals surface area (Å²) in [5.74, 6) is 4.59. The molecule has 1 aromatic carbocycles. The second-order valence-electron chi connectivity index (χ2n) is 18.7. The molecule has 8 heteroatoms. The van der Waals surface area contributed by atoms with Crippen LogP contribution in [0.25, 0.3) is 0 Å². The smallest absolute Gasteiger partial charge is 0.192 e. The molecular formula is C45H81IO4SSi2. The molecule has 0 amide bonds. The Hall–Kier alpha value is 0.254. The summed E-state index contributed by atoms with van der Waals surface area (Å²) in [4.78, 5) is 0.462. The van der Waals surface area contributed by atoms with E-state index in [4.69, 9.17) is 8.85 Å². The maximum Gasteiger partial charge on any atom is 0.192 e. The summed E-state index contributed by atoms with van der Waals surface area (Å²) in [6, 6.07) is 16.5. The number of fused-ring (bicyclic) bond motifs is 2. The van der Waals surface area contributed by atoms with Crippen molar-refractivity contribution < 1.29 is 17.3 Å². The van der Waals surface area contributed by atoms with Gasteiger partial charge in [-0.25, -0.2) is 8.42 Å². The van der Waals surface area contributed by atoms with E-state index in [-0.39, 0.29) is 5.75 Å². The highest BCUT2D eigenvalue weighted by molar-refractivity contribution is 14.1. The molecule has 0 radical (unpaired) electrons. The van der Waals surface area contributed by atoms with Gasteiger partial charge in [0.2, 0.25) is 0 Å². The molecule has 0 bridgehead atoms. The van der Waals surface area contributed by atoms with Gasteiger partial charge in [-0.2, -0.15) is 0 Å². The lowest BCUT2D eigenvalue weighted by Gasteiger charge is -2.49. The Kier molecular flexibility index (Phi) is 17.2. The zero-order chi connectivity index (χ0) is 39.1. The quantitative estimate of drug-likeness (QED) is 0.0888. The Bertz CT molecular complexity index is 1340. The average molecular weight is 901 g/mol. The van der Waals surface area contributed by atoms with Gasteiger partial charge in [-0.05, 0) is 153 Å². The minimum Gasteiger partial charge on any atom is -0.414 e. The van der Waals surface area contributed by atoms with Crippen molar-refractivity contribution in [1.82, 2.24) is 0 Å². The van der Waals surface area contributed by atoms with Crippen molar-refractivity contribution in [3.05, 3.63) is 30.3 Å². The van der Waals surface area contributed by atoms with Gasteiger partial charge >= 0.3 is 0 Å². The fraction of sp³-hybridized carbons (Fsp3) is 0.867. The van der Waals surface area contributed by atoms with Crippen molar-refractivity contribution in [2.45, 2.75) is 193 Å². The number of hydrogen-bond acceptors (Lipinski definition) is 4. The molecule has 0 heterocycles. The van der Waals surface area contributed by atoms with Gasteiger partial charge < -0.3 is 8.85 Å². The van der Waals surface area contributed by atoms with E-state index in [0.29, 0.717) is 45.7 Å². The van der Waals surface area contributed by atoms with Crippen LogP contribution in [0.15, 0.2) is 35.2 Å². The lowest BCUT2D eigenvalue weighted by atomic mass is 9.61. The second kappa shape index (κ2) is 19.8. The first-order chi connectivity index (χ1) is 25.2. The minimum atomic E-state index is -3.20. The Morgan fingerprint density at radius 2 is 1.09 bits per heavy atom. The third-order valence-corrected chi connectivity index (χ3v) is 29.0. The van der Waals surface area contributed by atoms with Gasteiger partial charge in [-0.15, -0.1) is 0 Å². The summed E-state index contributed by atoms with van der Waals surface area (Å²) in [5.41, 5.74) is 0.858. The lowest BCUT2D eigenvalue weighted by molar-refractivity contribution is -0.0196. The Balaban J connectivity index is 0.000000251. The molecule has 1 aromatic rings. The topological polar surface area (TPSA) is 52.6 Å². The molecule has 4 fully saturated rings. The molecule has 0 aromatic heterocycles. The highest BCUT2D eigenvalue weighted by atomic mass is 127. The van der Waals surface area contributed by atoms with E-state index in [9.17, 15) is 8.42 Å². The Morgan fingerprint density at radius 3 is 1.49 bits per heavy atom. The van der Waals surface area contributed by atoms with E-state index in [1.807, 2.05) is 18.2 Å². The molecule has 0 unspecified atom stereocenters. The maximum atomic E-state index is 12.8. The predicted octanol–water partition coefficient (Wildman–Crippen LogP) is 13.8. The van der Waals surface area contributed by atoms with Gasteiger partial charge in [-0.1, -0.05) is 123 Å². The SMILES string of the molecule is CC[Si](CC)(CC)O[C@H]1CCC[C@]2(C)[C@@H]([C@H](C)CCS(=O)(=O)c3ccccc3)CC[C@@H]12.CC[Si](CC)(CC)O[C@H]1CCC[C@]2(C)[C@@H]([C@H](C)CI)CC[C@@H]12. The molecule has 53 heavy (non-hydrogen) atoms. The van der Waals surface area contributed by atoms with Crippen molar-refractivity contribution in [2.75, 3.05) is 10.2 Å².